The second-order valence-electron chi connectivity index (χ2n) is 9.82. The lowest BCUT2D eigenvalue weighted by Crippen LogP contribution is -2.55. The van der Waals surface area contributed by atoms with Crippen molar-refractivity contribution in [3.63, 3.8) is 0 Å². The Kier molecular flexibility index (Phi) is 8.11. The van der Waals surface area contributed by atoms with Gasteiger partial charge in [-0.2, -0.15) is 0 Å². The van der Waals surface area contributed by atoms with Gasteiger partial charge in [-0.1, -0.05) is 18.2 Å². The van der Waals surface area contributed by atoms with E-state index in [1.54, 1.807) is 48.7 Å². The van der Waals surface area contributed by atoms with E-state index < -0.39 is 11.3 Å². The number of hydrogen-bond donors (Lipinski definition) is 3. The van der Waals surface area contributed by atoms with Crippen LogP contribution in [0, 0.1) is 12.3 Å². The minimum absolute atomic E-state index is 0.0366. The van der Waals surface area contributed by atoms with E-state index in [2.05, 4.69) is 10.3 Å². The predicted octanol–water partition coefficient (Wildman–Crippen LogP) is 3.12. The number of nitrogens with zero attached hydrogens (tertiary/aromatic N) is 3. The van der Waals surface area contributed by atoms with Crippen LogP contribution >= 0.6 is 0 Å². The first-order chi connectivity index (χ1) is 18.2. The molecule has 4 rings (SSSR count). The average molecular weight is 520 g/mol. The summed E-state index contributed by atoms with van der Waals surface area (Å²) in [6.45, 7) is 3.04. The molecule has 3 aromatic rings. The number of carbonyl (C=O) groups is 3. The standard InChI is InChI=1S/C28H33N5O5/c1-19-16-21(23-6-4-5-7-24(23)30-19)17-38-22-10-8-20(9-11-22)25(34)29-18-28(26(35)31-37)12-14-33(15-13-28)27(36)32(2)3/h4-11,16,37H,12-15,17-18H2,1-3H3,(H,29,34)(H,31,35). The van der Waals surface area contributed by atoms with Crippen molar-refractivity contribution >= 4 is 28.7 Å². The highest BCUT2D eigenvalue weighted by Gasteiger charge is 2.42. The first kappa shape index (κ1) is 26.9. The summed E-state index contributed by atoms with van der Waals surface area (Å²) >= 11 is 0. The van der Waals surface area contributed by atoms with Crippen LogP contribution in [0.1, 0.15) is 34.5 Å². The van der Waals surface area contributed by atoms with Gasteiger partial charge in [0.05, 0.1) is 10.9 Å². The summed E-state index contributed by atoms with van der Waals surface area (Å²) in [6.07, 6.45) is 0.629. The molecule has 200 valence electrons. The van der Waals surface area contributed by atoms with Crippen molar-refractivity contribution in [2.45, 2.75) is 26.4 Å². The molecule has 0 aliphatic carbocycles. The number of pyridine rings is 1. The van der Waals surface area contributed by atoms with E-state index in [0.29, 0.717) is 43.9 Å². The maximum Gasteiger partial charge on any atom is 0.319 e. The fourth-order valence-corrected chi connectivity index (χ4v) is 4.74. The first-order valence-corrected chi connectivity index (χ1v) is 12.5. The van der Waals surface area contributed by atoms with Crippen LogP contribution in [0.4, 0.5) is 4.79 Å². The monoisotopic (exact) mass is 519 g/mol. The molecule has 1 aliphatic rings. The van der Waals surface area contributed by atoms with Gasteiger partial charge in [0.2, 0.25) is 0 Å². The number of rotatable bonds is 7. The van der Waals surface area contributed by atoms with Gasteiger partial charge in [-0.3, -0.25) is 19.8 Å². The predicted molar refractivity (Wildman–Crippen MR) is 142 cm³/mol. The van der Waals surface area contributed by atoms with Crippen molar-refractivity contribution < 1.29 is 24.3 Å². The molecule has 3 N–H and O–H groups in total. The van der Waals surface area contributed by atoms with Crippen molar-refractivity contribution in [1.29, 1.82) is 0 Å². The Morgan fingerprint density at radius 2 is 1.76 bits per heavy atom. The summed E-state index contributed by atoms with van der Waals surface area (Å²) < 4.78 is 5.98. The van der Waals surface area contributed by atoms with Crippen LogP contribution in [0.3, 0.4) is 0 Å². The number of ether oxygens (including phenoxy) is 1. The molecular weight excluding hydrogens is 486 g/mol. The van der Waals surface area contributed by atoms with Crippen LogP contribution in [0.5, 0.6) is 5.75 Å². The molecule has 0 unspecified atom stereocenters. The fraction of sp³-hybridized carbons (Fsp3) is 0.357. The lowest BCUT2D eigenvalue weighted by Gasteiger charge is -2.40. The molecule has 38 heavy (non-hydrogen) atoms. The molecule has 1 saturated heterocycles. The van der Waals surface area contributed by atoms with Gasteiger partial charge in [0.15, 0.2) is 0 Å². The molecule has 0 saturated carbocycles. The highest BCUT2D eigenvalue weighted by Crippen LogP contribution is 2.32. The number of piperidine rings is 1. The number of aryl methyl sites for hydroxylation is 1. The van der Waals surface area contributed by atoms with Gasteiger partial charge >= 0.3 is 6.03 Å². The third-order valence-electron chi connectivity index (χ3n) is 6.98. The number of carbonyl (C=O) groups excluding carboxylic acids is 3. The molecule has 10 heteroatoms. The summed E-state index contributed by atoms with van der Waals surface area (Å²) in [5.74, 6) is -0.296. The maximum absolute atomic E-state index is 12.9. The summed E-state index contributed by atoms with van der Waals surface area (Å²) in [5.41, 5.74) is 4.00. The number of amides is 4. The second kappa shape index (κ2) is 11.5. The molecule has 1 aromatic heterocycles. The quantitative estimate of drug-likeness (QED) is 0.326. The SMILES string of the molecule is Cc1cc(COc2ccc(C(=O)NCC3(C(=O)NO)CCN(C(=O)N(C)C)CC3)cc2)c2ccccc2n1. The molecule has 1 fully saturated rings. The smallest absolute Gasteiger partial charge is 0.319 e. The third-order valence-corrected chi connectivity index (χ3v) is 6.98. The van der Waals surface area contributed by atoms with Crippen molar-refractivity contribution in [2.75, 3.05) is 33.7 Å². The van der Waals surface area contributed by atoms with Gasteiger partial charge < -0.3 is 19.9 Å². The van der Waals surface area contributed by atoms with Crippen LogP contribution in [-0.4, -0.2) is 71.6 Å². The van der Waals surface area contributed by atoms with Crippen LogP contribution in [0.25, 0.3) is 10.9 Å². The van der Waals surface area contributed by atoms with Gasteiger partial charge in [-0.15, -0.1) is 0 Å². The maximum atomic E-state index is 12.9. The summed E-state index contributed by atoms with van der Waals surface area (Å²) in [4.78, 5) is 45.3. The molecule has 2 aromatic carbocycles. The van der Waals surface area contributed by atoms with E-state index in [1.165, 1.54) is 4.90 Å². The molecule has 1 aliphatic heterocycles. The van der Waals surface area contributed by atoms with E-state index in [-0.39, 0.29) is 18.5 Å². The van der Waals surface area contributed by atoms with E-state index in [1.807, 2.05) is 37.3 Å². The Bertz CT molecular complexity index is 1320. The number of likely N-dealkylation sites (tertiary alicyclic amines) is 1. The molecular formula is C28H33N5O5. The Morgan fingerprint density at radius 3 is 2.42 bits per heavy atom. The third kappa shape index (κ3) is 5.86. The Hall–Kier alpha value is -4.18. The number of aromatic nitrogens is 1. The number of nitrogens with one attached hydrogen (secondary N) is 2. The molecule has 10 nitrogen and oxygen atoms in total. The molecule has 4 amide bonds. The van der Waals surface area contributed by atoms with Gasteiger partial charge in [-0.25, -0.2) is 10.3 Å². The number of para-hydroxylation sites is 1. The number of hydrogen-bond acceptors (Lipinski definition) is 6. The first-order valence-electron chi connectivity index (χ1n) is 12.5. The number of hydroxylamine groups is 1. The van der Waals surface area contributed by atoms with Crippen LogP contribution in [-0.2, 0) is 11.4 Å². The normalized spacial score (nSPS) is 14.6. The van der Waals surface area contributed by atoms with E-state index in [0.717, 1.165) is 22.2 Å². The Morgan fingerprint density at radius 1 is 1.08 bits per heavy atom. The molecule has 2 heterocycles. The summed E-state index contributed by atoms with van der Waals surface area (Å²) in [7, 11) is 3.34. The highest BCUT2D eigenvalue weighted by molar-refractivity contribution is 5.95. The number of urea groups is 1. The van der Waals surface area contributed by atoms with E-state index in [4.69, 9.17) is 4.74 Å². The number of fused-ring (bicyclic) bond motifs is 1. The van der Waals surface area contributed by atoms with Gasteiger partial charge in [0.25, 0.3) is 11.8 Å². The zero-order valence-electron chi connectivity index (χ0n) is 21.9. The highest BCUT2D eigenvalue weighted by atomic mass is 16.5. The molecule has 0 atom stereocenters. The van der Waals surface area contributed by atoms with Crippen molar-refractivity contribution in [2.24, 2.45) is 5.41 Å². The topological polar surface area (TPSA) is 124 Å². The van der Waals surface area contributed by atoms with E-state index in [9.17, 15) is 19.6 Å². The zero-order valence-corrected chi connectivity index (χ0v) is 21.9. The molecule has 0 radical (unpaired) electrons. The molecule has 0 bridgehead atoms. The Labute approximate surface area is 221 Å². The largest absolute Gasteiger partial charge is 0.489 e. The second-order valence-corrected chi connectivity index (χ2v) is 9.82. The lowest BCUT2D eigenvalue weighted by molar-refractivity contribution is -0.142. The van der Waals surface area contributed by atoms with Crippen LogP contribution in [0.15, 0.2) is 54.6 Å². The zero-order chi connectivity index (χ0) is 27.3. The number of benzene rings is 2. The van der Waals surface area contributed by atoms with Gasteiger partial charge in [0.1, 0.15) is 12.4 Å². The average Bonchev–Trinajstić information content (AvgIpc) is 2.94. The Balaban J connectivity index is 1.36. The van der Waals surface area contributed by atoms with Gasteiger partial charge in [-0.05, 0) is 56.2 Å². The van der Waals surface area contributed by atoms with Gasteiger partial charge in [0, 0.05) is 55.9 Å². The molecule has 0 spiro atoms. The van der Waals surface area contributed by atoms with E-state index >= 15 is 0 Å². The minimum atomic E-state index is -1.01. The van der Waals surface area contributed by atoms with Crippen LogP contribution in [0.2, 0.25) is 0 Å². The lowest BCUT2D eigenvalue weighted by atomic mass is 9.77. The summed E-state index contributed by atoms with van der Waals surface area (Å²) in [6, 6.07) is 16.6. The van der Waals surface area contributed by atoms with Crippen molar-refractivity contribution in [3.05, 3.63) is 71.4 Å². The fourth-order valence-electron chi connectivity index (χ4n) is 4.74. The minimum Gasteiger partial charge on any atom is -0.489 e. The van der Waals surface area contributed by atoms with Crippen molar-refractivity contribution in [1.82, 2.24) is 25.6 Å². The van der Waals surface area contributed by atoms with Crippen LogP contribution < -0.4 is 15.5 Å². The summed E-state index contributed by atoms with van der Waals surface area (Å²) in [5, 5.41) is 13.2. The van der Waals surface area contributed by atoms with Crippen molar-refractivity contribution in [3.8, 4) is 5.75 Å².